The van der Waals surface area contributed by atoms with Gasteiger partial charge in [0.15, 0.2) is 0 Å². The van der Waals surface area contributed by atoms with Gasteiger partial charge in [0.1, 0.15) is 0 Å². The van der Waals surface area contributed by atoms with Gasteiger partial charge in [0.2, 0.25) is 10.0 Å². The number of sulfonamides is 1. The van der Waals surface area contributed by atoms with E-state index in [9.17, 15) is 8.42 Å². The number of hydrogen-bond donors (Lipinski definition) is 0. The molecule has 1 fully saturated rings. The summed E-state index contributed by atoms with van der Waals surface area (Å²) in [5, 5.41) is 0. The van der Waals surface area contributed by atoms with Crippen LogP contribution in [0.2, 0.25) is 0 Å². The number of benzene rings is 2. The molecule has 5 heteroatoms. The van der Waals surface area contributed by atoms with Crippen LogP contribution in [0.25, 0.3) is 0 Å². The van der Waals surface area contributed by atoms with Gasteiger partial charge in [0.25, 0.3) is 0 Å². The first-order valence-electron chi connectivity index (χ1n) is 9.23. The van der Waals surface area contributed by atoms with E-state index < -0.39 is 10.0 Å². The number of nitrogens with zero attached hydrogens (tertiary/aromatic N) is 1. The molecule has 1 atom stereocenters. The molecule has 0 radical (unpaired) electrons. The van der Waals surface area contributed by atoms with Crippen LogP contribution in [0.3, 0.4) is 0 Å². The maximum atomic E-state index is 12.9. The van der Waals surface area contributed by atoms with Crippen LogP contribution in [0.15, 0.2) is 59.5 Å². The quantitative estimate of drug-likeness (QED) is 0.768. The molecule has 0 aliphatic carbocycles. The van der Waals surface area contributed by atoms with Crippen molar-refractivity contribution in [2.75, 3.05) is 20.2 Å². The van der Waals surface area contributed by atoms with Crippen LogP contribution in [-0.4, -0.2) is 32.9 Å². The molecule has 0 bridgehead atoms. The fourth-order valence-corrected chi connectivity index (χ4v) is 5.18. The highest BCUT2D eigenvalue weighted by Crippen LogP contribution is 2.34. The van der Waals surface area contributed by atoms with E-state index in [1.54, 1.807) is 23.5 Å². The molecule has 1 unspecified atom stereocenters. The average molecular weight is 374 g/mol. The molecule has 0 aromatic heterocycles. The second-order valence-electron chi connectivity index (χ2n) is 6.81. The Bertz CT molecular complexity index is 795. The standard InChI is InChI=1S/C21H27NO3S/c1-3-17-9-11-20(12-10-17)26(23,24)22-15-13-19(14-16-22)21(25-2)18-7-5-4-6-8-18/h4-12,19,21H,3,13-16H2,1-2H3. The minimum atomic E-state index is -3.41. The van der Waals surface area contributed by atoms with Gasteiger partial charge in [-0.25, -0.2) is 8.42 Å². The summed E-state index contributed by atoms with van der Waals surface area (Å²) in [7, 11) is -1.68. The molecule has 26 heavy (non-hydrogen) atoms. The largest absolute Gasteiger partial charge is 0.376 e. The number of rotatable bonds is 6. The predicted molar refractivity (Wildman–Crippen MR) is 103 cm³/mol. The Morgan fingerprint density at radius 1 is 1.04 bits per heavy atom. The number of ether oxygens (including phenoxy) is 1. The van der Waals surface area contributed by atoms with Gasteiger partial charge in [-0.3, -0.25) is 0 Å². The number of hydrogen-bond acceptors (Lipinski definition) is 3. The van der Waals surface area contributed by atoms with Gasteiger partial charge in [-0.05, 0) is 48.4 Å². The first-order chi connectivity index (χ1) is 12.6. The lowest BCUT2D eigenvalue weighted by Crippen LogP contribution is -2.40. The van der Waals surface area contributed by atoms with Gasteiger partial charge in [-0.2, -0.15) is 4.31 Å². The summed E-state index contributed by atoms with van der Waals surface area (Å²) >= 11 is 0. The lowest BCUT2D eigenvalue weighted by molar-refractivity contribution is 0.0303. The van der Waals surface area contributed by atoms with Crippen molar-refractivity contribution in [3.05, 3.63) is 65.7 Å². The third-order valence-corrected chi connectivity index (χ3v) is 7.19. The summed E-state index contributed by atoms with van der Waals surface area (Å²) in [5.41, 5.74) is 2.31. The summed E-state index contributed by atoms with van der Waals surface area (Å²) in [5.74, 6) is 0.330. The highest BCUT2D eigenvalue weighted by molar-refractivity contribution is 7.89. The highest BCUT2D eigenvalue weighted by Gasteiger charge is 2.33. The van der Waals surface area contributed by atoms with Gasteiger partial charge in [0.05, 0.1) is 11.0 Å². The average Bonchev–Trinajstić information content (AvgIpc) is 2.70. The molecule has 3 rings (SSSR count). The molecule has 1 heterocycles. The van der Waals surface area contributed by atoms with Crippen LogP contribution < -0.4 is 0 Å². The molecule has 1 saturated heterocycles. The molecular formula is C21H27NO3S. The molecule has 1 aliphatic rings. The van der Waals surface area contributed by atoms with Crippen molar-refractivity contribution < 1.29 is 13.2 Å². The Kier molecular flexibility index (Phi) is 6.12. The molecule has 0 spiro atoms. The van der Waals surface area contributed by atoms with Gasteiger partial charge in [-0.15, -0.1) is 0 Å². The number of piperidine rings is 1. The monoisotopic (exact) mass is 373 g/mol. The van der Waals surface area contributed by atoms with E-state index in [2.05, 4.69) is 19.1 Å². The van der Waals surface area contributed by atoms with Gasteiger partial charge in [-0.1, -0.05) is 49.4 Å². The molecule has 1 aliphatic heterocycles. The first-order valence-corrected chi connectivity index (χ1v) is 10.7. The third-order valence-electron chi connectivity index (χ3n) is 5.28. The van der Waals surface area contributed by atoms with Crippen molar-refractivity contribution in [1.82, 2.24) is 4.31 Å². The summed E-state index contributed by atoms with van der Waals surface area (Å²) < 4.78 is 33.1. The maximum absolute atomic E-state index is 12.9. The minimum Gasteiger partial charge on any atom is -0.376 e. The molecule has 0 amide bonds. The van der Waals surface area contributed by atoms with E-state index in [0.717, 1.165) is 30.4 Å². The van der Waals surface area contributed by atoms with E-state index >= 15 is 0 Å². The summed E-state index contributed by atoms with van der Waals surface area (Å²) in [6.45, 7) is 3.14. The van der Waals surface area contributed by atoms with Crippen molar-refractivity contribution in [2.45, 2.75) is 37.2 Å². The van der Waals surface area contributed by atoms with Crippen molar-refractivity contribution in [2.24, 2.45) is 5.92 Å². The maximum Gasteiger partial charge on any atom is 0.243 e. The van der Waals surface area contributed by atoms with Gasteiger partial charge in [0, 0.05) is 20.2 Å². The highest BCUT2D eigenvalue weighted by atomic mass is 32.2. The zero-order valence-electron chi connectivity index (χ0n) is 15.5. The zero-order valence-corrected chi connectivity index (χ0v) is 16.3. The molecular weight excluding hydrogens is 346 g/mol. The van der Waals surface area contributed by atoms with Gasteiger partial charge < -0.3 is 4.74 Å². The first kappa shape index (κ1) is 19.1. The van der Waals surface area contributed by atoms with E-state index in [0.29, 0.717) is 23.9 Å². The molecule has 4 nitrogen and oxygen atoms in total. The Labute approximate surface area is 156 Å². The Morgan fingerprint density at radius 2 is 1.65 bits per heavy atom. The van der Waals surface area contributed by atoms with Crippen LogP contribution in [0.4, 0.5) is 0 Å². The Morgan fingerprint density at radius 3 is 2.19 bits per heavy atom. The normalized spacial score (nSPS) is 17.9. The molecule has 2 aromatic carbocycles. The summed E-state index contributed by atoms with van der Waals surface area (Å²) in [6, 6.07) is 17.4. The second kappa shape index (κ2) is 8.33. The van der Waals surface area contributed by atoms with Crippen molar-refractivity contribution in [3.8, 4) is 0 Å². The van der Waals surface area contributed by atoms with Crippen LogP contribution in [0, 0.1) is 5.92 Å². The molecule has 2 aromatic rings. The number of methoxy groups -OCH3 is 1. The smallest absolute Gasteiger partial charge is 0.243 e. The van der Waals surface area contributed by atoms with Crippen molar-refractivity contribution in [1.29, 1.82) is 0 Å². The van der Waals surface area contributed by atoms with Crippen LogP contribution in [0.1, 0.15) is 37.0 Å². The topological polar surface area (TPSA) is 46.6 Å². The minimum absolute atomic E-state index is 0.0184. The van der Waals surface area contributed by atoms with Crippen molar-refractivity contribution >= 4 is 10.0 Å². The van der Waals surface area contributed by atoms with Crippen molar-refractivity contribution in [3.63, 3.8) is 0 Å². The Hall–Kier alpha value is -1.69. The molecule has 0 saturated carbocycles. The lowest BCUT2D eigenvalue weighted by Gasteiger charge is -2.35. The van der Waals surface area contributed by atoms with Crippen LogP contribution in [0.5, 0.6) is 0 Å². The summed E-state index contributed by atoms with van der Waals surface area (Å²) in [6.07, 6.45) is 2.54. The van der Waals surface area contributed by atoms with Gasteiger partial charge >= 0.3 is 0 Å². The zero-order chi connectivity index (χ0) is 18.6. The van der Waals surface area contributed by atoms with E-state index in [1.807, 2.05) is 30.3 Å². The fourth-order valence-electron chi connectivity index (χ4n) is 3.71. The van der Waals surface area contributed by atoms with E-state index in [1.165, 1.54) is 0 Å². The van der Waals surface area contributed by atoms with Crippen LogP contribution >= 0.6 is 0 Å². The Balaban J connectivity index is 1.69. The lowest BCUT2D eigenvalue weighted by atomic mass is 9.88. The van der Waals surface area contributed by atoms with Crippen LogP contribution in [-0.2, 0) is 21.2 Å². The fraction of sp³-hybridized carbons (Fsp3) is 0.429. The SMILES string of the molecule is CCc1ccc(S(=O)(=O)N2CCC(C(OC)c3ccccc3)CC2)cc1. The van der Waals surface area contributed by atoms with E-state index in [-0.39, 0.29) is 6.10 Å². The molecule has 0 N–H and O–H groups in total. The molecule has 140 valence electrons. The summed E-state index contributed by atoms with van der Waals surface area (Å²) in [4.78, 5) is 0.388. The third kappa shape index (κ3) is 4.00. The number of aryl methyl sites for hydroxylation is 1. The predicted octanol–water partition coefficient (Wildman–Crippen LogP) is 4.04. The second-order valence-corrected chi connectivity index (χ2v) is 8.74. The van der Waals surface area contributed by atoms with E-state index in [4.69, 9.17) is 4.74 Å².